The van der Waals surface area contributed by atoms with Crippen molar-refractivity contribution in [2.75, 3.05) is 7.05 Å². The van der Waals surface area contributed by atoms with Crippen LogP contribution in [0.4, 0.5) is 4.39 Å². The quantitative estimate of drug-likeness (QED) is 0.726. The molecule has 116 valence electrons. The molecule has 4 nitrogen and oxygen atoms in total. The molecule has 0 N–H and O–H groups in total. The summed E-state index contributed by atoms with van der Waals surface area (Å²) in [5.74, 6) is 0.439. The van der Waals surface area contributed by atoms with E-state index >= 15 is 0 Å². The van der Waals surface area contributed by atoms with Crippen LogP contribution in [0, 0.1) is 5.82 Å². The van der Waals surface area contributed by atoms with E-state index in [-0.39, 0.29) is 11.9 Å². The Bertz CT molecular complexity index is 732. The Morgan fingerprint density at radius 2 is 1.61 bits per heavy atom. The molecule has 0 aliphatic heterocycles. The molecule has 23 heavy (non-hydrogen) atoms. The Kier molecular flexibility index (Phi) is 4.68. The summed E-state index contributed by atoms with van der Waals surface area (Å²) in [5.41, 5.74) is 2.10. The van der Waals surface area contributed by atoms with Gasteiger partial charge < -0.3 is 0 Å². The number of rotatable bonds is 5. The van der Waals surface area contributed by atoms with Gasteiger partial charge in [-0.25, -0.2) is 14.4 Å². The fourth-order valence-electron chi connectivity index (χ4n) is 2.57. The van der Waals surface area contributed by atoms with Gasteiger partial charge in [0.05, 0.1) is 6.04 Å². The normalized spacial score (nSPS) is 12.3. The lowest BCUT2D eigenvalue weighted by atomic mass is 10.0. The zero-order valence-corrected chi connectivity index (χ0v) is 12.8. The number of nitrogens with zero attached hydrogens (tertiary/aromatic N) is 4. The summed E-state index contributed by atoms with van der Waals surface area (Å²) >= 11 is 0. The smallest absolute Gasteiger partial charge is 0.149 e. The molecule has 0 saturated carbocycles. The van der Waals surface area contributed by atoms with Crippen LogP contribution in [0.2, 0.25) is 0 Å². The van der Waals surface area contributed by atoms with Gasteiger partial charge in [-0.05, 0) is 48.5 Å². The molecule has 0 aliphatic rings. The lowest BCUT2D eigenvalue weighted by Crippen LogP contribution is -2.26. The number of pyridine rings is 1. The lowest BCUT2D eigenvalue weighted by molar-refractivity contribution is 0.261. The van der Waals surface area contributed by atoms with E-state index in [1.165, 1.54) is 12.1 Å². The van der Waals surface area contributed by atoms with E-state index in [9.17, 15) is 4.39 Å². The molecule has 1 atom stereocenters. The minimum atomic E-state index is -0.252. The highest BCUT2D eigenvalue weighted by Gasteiger charge is 2.22. The monoisotopic (exact) mass is 308 g/mol. The molecule has 0 unspecified atom stereocenters. The van der Waals surface area contributed by atoms with Gasteiger partial charge in [0.1, 0.15) is 11.6 Å². The van der Waals surface area contributed by atoms with Gasteiger partial charge in [-0.3, -0.25) is 9.88 Å². The van der Waals surface area contributed by atoms with Gasteiger partial charge in [-0.15, -0.1) is 0 Å². The van der Waals surface area contributed by atoms with E-state index < -0.39 is 0 Å². The van der Waals surface area contributed by atoms with Crippen molar-refractivity contribution in [2.45, 2.75) is 12.6 Å². The van der Waals surface area contributed by atoms with E-state index in [1.54, 1.807) is 43.0 Å². The van der Waals surface area contributed by atoms with Gasteiger partial charge in [0, 0.05) is 31.3 Å². The van der Waals surface area contributed by atoms with Crippen LogP contribution in [-0.4, -0.2) is 26.9 Å². The van der Waals surface area contributed by atoms with E-state index in [0.29, 0.717) is 12.4 Å². The van der Waals surface area contributed by atoms with Gasteiger partial charge >= 0.3 is 0 Å². The highest BCUT2D eigenvalue weighted by Crippen LogP contribution is 2.26. The second-order valence-corrected chi connectivity index (χ2v) is 5.33. The zero-order chi connectivity index (χ0) is 16.1. The molecular weight excluding hydrogens is 291 g/mol. The maximum absolute atomic E-state index is 13.2. The Labute approximate surface area is 134 Å². The molecule has 5 heteroatoms. The maximum atomic E-state index is 13.2. The molecular formula is C18H17FN4. The average molecular weight is 308 g/mol. The second kappa shape index (κ2) is 7.07. The SMILES string of the molecule is CN(Cc1ccncc1)[C@@H](c1ccc(F)cc1)c1ncccn1. The van der Waals surface area contributed by atoms with Crippen molar-refractivity contribution < 1.29 is 4.39 Å². The molecule has 2 heterocycles. The van der Waals surface area contributed by atoms with Crippen LogP contribution in [0.5, 0.6) is 0 Å². The predicted molar refractivity (Wildman–Crippen MR) is 86.0 cm³/mol. The zero-order valence-electron chi connectivity index (χ0n) is 12.8. The highest BCUT2D eigenvalue weighted by molar-refractivity contribution is 5.26. The maximum Gasteiger partial charge on any atom is 0.149 e. The van der Waals surface area contributed by atoms with E-state index in [2.05, 4.69) is 19.9 Å². The standard InChI is InChI=1S/C18H17FN4/c1-23(13-14-7-11-20-12-8-14)17(18-21-9-2-10-22-18)15-3-5-16(19)6-4-15/h2-12,17H,13H2,1H3/t17-/m0/s1. The van der Waals surface area contributed by atoms with Crippen LogP contribution in [0.3, 0.4) is 0 Å². The predicted octanol–water partition coefficient (Wildman–Crippen LogP) is 3.23. The Balaban J connectivity index is 1.93. The van der Waals surface area contributed by atoms with Crippen LogP contribution in [0.25, 0.3) is 0 Å². The molecule has 0 spiro atoms. The number of benzene rings is 1. The topological polar surface area (TPSA) is 41.9 Å². The molecule has 1 aromatic carbocycles. The van der Waals surface area contributed by atoms with Crippen molar-refractivity contribution in [3.05, 3.63) is 90.0 Å². The number of hydrogen-bond acceptors (Lipinski definition) is 4. The summed E-state index contributed by atoms with van der Waals surface area (Å²) in [4.78, 5) is 14.9. The van der Waals surface area contributed by atoms with Crippen LogP contribution in [-0.2, 0) is 6.54 Å². The molecule has 3 rings (SSSR count). The van der Waals surface area contributed by atoms with Gasteiger partial charge in [-0.2, -0.15) is 0 Å². The van der Waals surface area contributed by atoms with E-state index in [4.69, 9.17) is 0 Å². The van der Waals surface area contributed by atoms with Crippen molar-refractivity contribution >= 4 is 0 Å². The summed E-state index contributed by atoms with van der Waals surface area (Å²) in [5, 5.41) is 0. The molecule has 0 saturated heterocycles. The third-order valence-corrected chi connectivity index (χ3v) is 3.64. The largest absolute Gasteiger partial charge is 0.289 e. The first-order chi connectivity index (χ1) is 11.2. The minimum absolute atomic E-state index is 0.148. The number of hydrogen-bond donors (Lipinski definition) is 0. The van der Waals surface area contributed by atoms with Crippen LogP contribution >= 0.6 is 0 Å². The lowest BCUT2D eigenvalue weighted by Gasteiger charge is -2.27. The number of aromatic nitrogens is 3. The summed E-state index contributed by atoms with van der Waals surface area (Å²) < 4.78 is 13.2. The third-order valence-electron chi connectivity index (χ3n) is 3.64. The van der Waals surface area contributed by atoms with E-state index in [1.807, 2.05) is 19.2 Å². The molecule has 2 aromatic heterocycles. The van der Waals surface area contributed by atoms with Crippen molar-refractivity contribution in [1.29, 1.82) is 0 Å². The van der Waals surface area contributed by atoms with E-state index in [0.717, 1.165) is 11.1 Å². The first-order valence-electron chi connectivity index (χ1n) is 7.35. The molecule has 3 aromatic rings. The Morgan fingerprint density at radius 3 is 2.26 bits per heavy atom. The first-order valence-corrected chi connectivity index (χ1v) is 7.35. The summed E-state index contributed by atoms with van der Waals surface area (Å²) in [7, 11) is 2.00. The van der Waals surface area contributed by atoms with Crippen LogP contribution < -0.4 is 0 Å². The van der Waals surface area contributed by atoms with Gasteiger partial charge in [-0.1, -0.05) is 12.1 Å². The molecule has 0 radical (unpaired) electrons. The summed E-state index contributed by atoms with van der Waals surface area (Å²) in [6.07, 6.45) is 6.99. The van der Waals surface area contributed by atoms with Crippen LogP contribution in [0.15, 0.2) is 67.3 Å². The fourth-order valence-corrected chi connectivity index (χ4v) is 2.57. The number of halogens is 1. The molecule has 0 amide bonds. The van der Waals surface area contributed by atoms with Crippen molar-refractivity contribution in [3.63, 3.8) is 0 Å². The summed E-state index contributed by atoms with van der Waals surface area (Å²) in [6.45, 7) is 0.711. The van der Waals surface area contributed by atoms with Crippen molar-refractivity contribution in [3.8, 4) is 0 Å². The first kappa shape index (κ1) is 15.2. The van der Waals surface area contributed by atoms with Crippen molar-refractivity contribution in [1.82, 2.24) is 19.9 Å². The highest BCUT2D eigenvalue weighted by atomic mass is 19.1. The Hall–Kier alpha value is -2.66. The molecule has 0 aliphatic carbocycles. The minimum Gasteiger partial charge on any atom is -0.289 e. The third kappa shape index (κ3) is 3.76. The van der Waals surface area contributed by atoms with Crippen LogP contribution in [0.1, 0.15) is 23.0 Å². The second-order valence-electron chi connectivity index (χ2n) is 5.33. The van der Waals surface area contributed by atoms with Gasteiger partial charge in [0.2, 0.25) is 0 Å². The molecule has 0 bridgehead atoms. The Morgan fingerprint density at radius 1 is 0.957 bits per heavy atom. The van der Waals surface area contributed by atoms with Gasteiger partial charge in [0.25, 0.3) is 0 Å². The summed E-state index contributed by atoms with van der Waals surface area (Å²) in [6, 6.07) is 12.1. The average Bonchev–Trinajstić information content (AvgIpc) is 2.59. The van der Waals surface area contributed by atoms with Crippen molar-refractivity contribution in [2.24, 2.45) is 0 Å². The molecule has 0 fully saturated rings. The fraction of sp³-hybridized carbons (Fsp3) is 0.167. The van der Waals surface area contributed by atoms with Gasteiger partial charge in [0.15, 0.2) is 0 Å².